The van der Waals surface area contributed by atoms with Gasteiger partial charge in [0.05, 0.1) is 11.0 Å². The van der Waals surface area contributed by atoms with E-state index >= 15 is 0 Å². The van der Waals surface area contributed by atoms with Gasteiger partial charge in [0.1, 0.15) is 5.82 Å². The fourth-order valence-electron chi connectivity index (χ4n) is 4.26. The van der Waals surface area contributed by atoms with Gasteiger partial charge in [-0.15, -0.1) is 0 Å². The van der Waals surface area contributed by atoms with E-state index in [9.17, 15) is 4.79 Å². The lowest BCUT2D eigenvalue weighted by Gasteiger charge is -2.36. The van der Waals surface area contributed by atoms with Crippen molar-refractivity contribution in [2.24, 2.45) is 0 Å². The molecule has 2 heterocycles. The van der Waals surface area contributed by atoms with Crippen LogP contribution in [-0.4, -0.2) is 46.5 Å². The standard InChI is InChI=1S/C25H23ClN4O/c1-18-27-23-16-19(10-11-24(23)30(18)21-7-3-2-4-8-21)25(31)29-14-12-28(13-15-29)22-9-5-6-20(26)17-22/h2-11,16-17H,12-15H2,1H3. The lowest BCUT2D eigenvalue weighted by molar-refractivity contribution is 0.0747. The Kier molecular flexibility index (Phi) is 5.12. The molecule has 6 heteroatoms. The van der Waals surface area contributed by atoms with Crippen LogP contribution < -0.4 is 4.90 Å². The minimum atomic E-state index is 0.0551. The molecule has 0 unspecified atom stereocenters. The van der Waals surface area contributed by atoms with Gasteiger partial charge in [-0.25, -0.2) is 4.98 Å². The monoisotopic (exact) mass is 430 g/mol. The maximum absolute atomic E-state index is 13.2. The SMILES string of the molecule is Cc1nc2cc(C(=O)N3CCN(c4cccc(Cl)c4)CC3)ccc2n1-c1ccccc1. The van der Waals surface area contributed by atoms with Crippen LogP contribution in [0.15, 0.2) is 72.8 Å². The van der Waals surface area contributed by atoms with Crippen LogP contribution in [0.4, 0.5) is 5.69 Å². The van der Waals surface area contributed by atoms with Crippen LogP contribution in [0.1, 0.15) is 16.2 Å². The summed E-state index contributed by atoms with van der Waals surface area (Å²) < 4.78 is 2.12. The van der Waals surface area contributed by atoms with Crippen molar-refractivity contribution >= 4 is 34.2 Å². The summed E-state index contributed by atoms with van der Waals surface area (Å²) in [5.41, 5.74) is 4.69. The Morgan fingerprint density at radius 1 is 0.871 bits per heavy atom. The topological polar surface area (TPSA) is 41.4 Å². The van der Waals surface area contributed by atoms with Crippen molar-refractivity contribution in [2.45, 2.75) is 6.92 Å². The molecule has 1 aromatic heterocycles. The number of imidazole rings is 1. The van der Waals surface area contributed by atoms with Gasteiger partial charge < -0.3 is 9.80 Å². The van der Waals surface area contributed by atoms with E-state index < -0.39 is 0 Å². The number of aryl methyl sites for hydroxylation is 1. The highest BCUT2D eigenvalue weighted by molar-refractivity contribution is 6.30. The second kappa shape index (κ2) is 8.08. The highest BCUT2D eigenvalue weighted by atomic mass is 35.5. The Hall–Kier alpha value is -3.31. The van der Waals surface area contributed by atoms with Crippen molar-refractivity contribution < 1.29 is 4.79 Å². The number of piperazine rings is 1. The second-order valence-electron chi connectivity index (χ2n) is 7.79. The molecule has 0 N–H and O–H groups in total. The predicted molar refractivity (Wildman–Crippen MR) is 125 cm³/mol. The smallest absolute Gasteiger partial charge is 0.254 e. The van der Waals surface area contributed by atoms with Crippen molar-refractivity contribution in [3.8, 4) is 5.69 Å². The Morgan fingerprint density at radius 3 is 2.35 bits per heavy atom. The molecule has 5 nitrogen and oxygen atoms in total. The van der Waals surface area contributed by atoms with Gasteiger partial charge in [0.25, 0.3) is 5.91 Å². The summed E-state index contributed by atoms with van der Waals surface area (Å²) in [7, 11) is 0. The first kappa shape index (κ1) is 19.6. The molecular weight excluding hydrogens is 408 g/mol. The van der Waals surface area contributed by atoms with E-state index in [4.69, 9.17) is 16.6 Å². The van der Waals surface area contributed by atoms with Crippen molar-refractivity contribution in [3.05, 3.63) is 89.2 Å². The van der Waals surface area contributed by atoms with Crippen molar-refractivity contribution in [1.29, 1.82) is 0 Å². The molecule has 0 bridgehead atoms. The molecule has 0 spiro atoms. The average molecular weight is 431 g/mol. The Morgan fingerprint density at radius 2 is 1.61 bits per heavy atom. The van der Waals surface area contributed by atoms with Crippen LogP contribution in [0.3, 0.4) is 0 Å². The molecule has 0 radical (unpaired) electrons. The van der Waals surface area contributed by atoms with Gasteiger partial charge >= 0.3 is 0 Å². The number of carbonyl (C=O) groups is 1. The number of anilines is 1. The van der Waals surface area contributed by atoms with Crippen molar-refractivity contribution in [2.75, 3.05) is 31.1 Å². The Balaban J connectivity index is 1.35. The zero-order valence-electron chi connectivity index (χ0n) is 17.3. The molecule has 0 atom stereocenters. The highest BCUT2D eigenvalue weighted by Gasteiger charge is 2.23. The first-order valence-electron chi connectivity index (χ1n) is 10.4. The number of halogens is 1. The summed E-state index contributed by atoms with van der Waals surface area (Å²) in [6.07, 6.45) is 0. The van der Waals surface area contributed by atoms with Gasteiger partial charge in [-0.1, -0.05) is 35.9 Å². The van der Waals surface area contributed by atoms with E-state index in [0.29, 0.717) is 18.7 Å². The minimum absolute atomic E-state index is 0.0551. The van der Waals surface area contributed by atoms with Crippen LogP contribution >= 0.6 is 11.6 Å². The molecule has 0 aliphatic carbocycles. The predicted octanol–water partition coefficient (Wildman–Crippen LogP) is 4.95. The molecule has 0 saturated carbocycles. The summed E-state index contributed by atoms with van der Waals surface area (Å²) in [4.78, 5) is 22.1. The van der Waals surface area contributed by atoms with Crippen molar-refractivity contribution in [1.82, 2.24) is 14.5 Å². The van der Waals surface area contributed by atoms with E-state index in [-0.39, 0.29) is 5.91 Å². The fraction of sp³-hybridized carbons (Fsp3) is 0.200. The van der Waals surface area contributed by atoms with E-state index in [0.717, 1.165) is 46.3 Å². The van der Waals surface area contributed by atoms with Gasteiger partial charge in [0.2, 0.25) is 0 Å². The van der Waals surface area contributed by atoms with Gasteiger partial charge in [-0.3, -0.25) is 9.36 Å². The number of aromatic nitrogens is 2. The summed E-state index contributed by atoms with van der Waals surface area (Å²) >= 11 is 6.12. The number of amides is 1. The first-order chi connectivity index (χ1) is 15.1. The number of hydrogen-bond donors (Lipinski definition) is 0. The number of carbonyl (C=O) groups excluding carboxylic acids is 1. The van der Waals surface area contributed by atoms with Gasteiger partial charge in [-0.2, -0.15) is 0 Å². The quantitative estimate of drug-likeness (QED) is 0.461. The Bertz CT molecular complexity index is 1240. The van der Waals surface area contributed by atoms with Crippen molar-refractivity contribution in [3.63, 3.8) is 0 Å². The summed E-state index contributed by atoms with van der Waals surface area (Å²) in [5, 5.41) is 0.731. The molecule has 5 rings (SSSR count). The number of benzene rings is 3. The van der Waals surface area contributed by atoms with Gasteiger partial charge in [-0.05, 0) is 55.5 Å². The minimum Gasteiger partial charge on any atom is -0.368 e. The van der Waals surface area contributed by atoms with Crippen LogP contribution in [-0.2, 0) is 0 Å². The average Bonchev–Trinajstić information content (AvgIpc) is 3.14. The molecule has 1 saturated heterocycles. The molecule has 1 aliphatic heterocycles. The molecule has 1 aliphatic rings. The second-order valence-corrected chi connectivity index (χ2v) is 8.23. The zero-order valence-corrected chi connectivity index (χ0v) is 18.1. The lowest BCUT2D eigenvalue weighted by Crippen LogP contribution is -2.48. The third-order valence-electron chi connectivity index (χ3n) is 5.82. The third kappa shape index (κ3) is 3.77. The number of hydrogen-bond acceptors (Lipinski definition) is 3. The molecule has 1 fully saturated rings. The van der Waals surface area contributed by atoms with Gasteiger partial charge in [0.15, 0.2) is 0 Å². The molecule has 1 amide bonds. The van der Waals surface area contributed by atoms with Gasteiger partial charge in [0, 0.05) is 48.1 Å². The van der Waals surface area contributed by atoms with Crippen LogP contribution in [0.2, 0.25) is 5.02 Å². The number of para-hydroxylation sites is 1. The Labute approximate surface area is 186 Å². The lowest BCUT2D eigenvalue weighted by atomic mass is 10.1. The van der Waals surface area contributed by atoms with E-state index in [2.05, 4.69) is 27.7 Å². The summed E-state index contributed by atoms with van der Waals surface area (Å²) in [5.74, 6) is 0.959. The number of fused-ring (bicyclic) bond motifs is 1. The molecule has 4 aromatic rings. The highest BCUT2D eigenvalue weighted by Crippen LogP contribution is 2.24. The van der Waals surface area contributed by atoms with E-state index in [1.807, 2.05) is 66.4 Å². The normalized spacial score (nSPS) is 14.3. The summed E-state index contributed by atoms with van der Waals surface area (Å²) in [6, 6.07) is 23.8. The largest absolute Gasteiger partial charge is 0.368 e. The number of nitrogens with zero attached hydrogens (tertiary/aromatic N) is 4. The van der Waals surface area contributed by atoms with E-state index in [1.165, 1.54) is 0 Å². The third-order valence-corrected chi connectivity index (χ3v) is 6.06. The summed E-state index contributed by atoms with van der Waals surface area (Å²) in [6.45, 7) is 4.93. The molecule has 156 valence electrons. The zero-order chi connectivity index (χ0) is 21.4. The first-order valence-corrected chi connectivity index (χ1v) is 10.8. The molecular formula is C25H23ClN4O. The van der Waals surface area contributed by atoms with E-state index in [1.54, 1.807) is 0 Å². The fourth-order valence-corrected chi connectivity index (χ4v) is 4.44. The van der Waals surface area contributed by atoms with Crippen LogP contribution in [0.5, 0.6) is 0 Å². The van der Waals surface area contributed by atoms with Crippen LogP contribution in [0.25, 0.3) is 16.7 Å². The maximum atomic E-state index is 13.2. The molecule has 31 heavy (non-hydrogen) atoms. The van der Waals surface area contributed by atoms with Crippen LogP contribution in [0, 0.1) is 6.92 Å². The number of rotatable bonds is 3. The maximum Gasteiger partial charge on any atom is 0.254 e. The molecule has 3 aromatic carbocycles.